The van der Waals surface area contributed by atoms with E-state index in [4.69, 9.17) is 0 Å². The molecule has 2 unspecified atom stereocenters. The lowest BCUT2D eigenvalue weighted by Gasteiger charge is -2.27. The van der Waals surface area contributed by atoms with E-state index < -0.39 is 4.92 Å². The fraction of sp³-hybridized carbons (Fsp3) is 0.500. The maximum absolute atomic E-state index is 12.1. The van der Waals surface area contributed by atoms with Crippen LogP contribution in [-0.4, -0.2) is 28.6 Å². The highest BCUT2D eigenvalue weighted by Crippen LogP contribution is 2.25. The molecule has 0 heterocycles. The molecule has 1 aromatic carbocycles. The SMILES string of the molecule is O=C(NCC1CCCCC1O)c1cc([N+](=O)[O-])ccc1Br. The van der Waals surface area contributed by atoms with Crippen LogP contribution >= 0.6 is 15.9 Å². The van der Waals surface area contributed by atoms with E-state index in [-0.39, 0.29) is 29.2 Å². The summed E-state index contributed by atoms with van der Waals surface area (Å²) in [7, 11) is 0. The predicted molar refractivity (Wildman–Crippen MR) is 81.1 cm³/mol. The van der Waals surface area contributed by atoms with Crippen LogP contribution in [0.25, 0.3) is 0 Å². The summed E-state index contributed by atoms with van der Waals surface area (Å²) in [6.45, 7) is 0.384. The highest BCUT2D eigenvalue weighted by Gasteiger charge is 2.24. The topological polar surface area (TPSA) is 92.5 Å². The molecule has 1 aromatic rings. The van der Waals surface area contributed by atoms with Gasteiger partial charge in [0.1, 0.15) is 0 Å². The molecule has 7 heteroatoms. The molecule has 0 radical (unpaired) electrons. The van der Waals surface area contributed by atoms with E-state index in [9.17, 15) is 20.0 Å². The first-order chi connectivity index (χ1) is 9.99. The van der Waals surface area contributed by atoms with Crippen LogP contribution < -0.4 is 5.32 Å². The number of carbonyl (C=O) groups is 1. The molecule has 1 aliphatic carbocycles. The van der Waals surface area contributed by atoms with Crippen LogP contribution in [0.1, 0.15) is 36.0 Å². The van der Waals surface area contributed by atoms with E-state index in [1.807, 2.05) is 0 Å². The molecule has 1 saturated carbocycles. The number of aliphatic hydroxyl groups excluding tert-OH is 1. The van der Waals surface area contributed by atoms with Crippen LogP contribution in [0.3, 0.4) is 0 Å². The first kappa shape index (κ1) is 15.9. The molecule has 2 rings (SSSR count). The van der Waals surface area contributed by atoms with Crippen molar-refractivity contribution in [2.45, 2.75) is 31.8 Å². The number of nitrogens with zero attached hydrogens (tertiary/aromatic N) is 1. The second kappa shape index (κ2) is 7.00. The average molecular weight is 357 g/mol. The summed E-state index contributed by atoms with van der Waals surface area (Å²) in [5.74, 6) is -0.316. The fourth-order valence-electron chi connectivity index (χ4n) is 2.55. The van der Waals surface area contributed by atoms with Crippen LogP contribution in [0.5, 0.6) is 0 Å². The Morgan fingerprint density at radius 1 is 1.43 bits per heavy atom. The van der Waals surface area contributed by atoms with Gasteiger partial charge in [0.05, 0.1) is 16.6 Å². The van der Waals surface area contributed by atoms with Crippen LogP contribution in [0.15, 0.2) is 22.7 Å². The zero-order valence-electron chi connectivity index (χ0n) is 11.4. The first-order valence-electron chi connectivity index (χ1n) is 6.89. The van der Waals surface area contributed by atoms with Crippen molar-refractivity contribution in [3.63, 3.8) is 0 Å². The zero-order valence-corrected chi connectivity index (χ0v) is 13.0. The molecule has 6 nitrogen and oxygen atoms in total. The maximum Gasteiger partial charge on any atom is 0.270 e. The summed E-state index contributed by atoms with van der Waals surface area (Å²) >= 11 is 3.23. The molecule has 1 fully saturated rings. The summed E-state index contributed by atoms with van der Waals surface area (Å²) in [6.07, 6.45) is 3.34. The monoisotopic (exact) mass is 356 g/mol. The molecular weight excluding hydrogens is 340 g/mol. The highest BCUT2D eigenvalue weighted by atomic mass is 79.9. The van der Waals surface area contributed by atoms with E-state index in [1.54, 1.807) is 0 Å². The number of halogens is 1. The predicted octanol–water partition coefficient (Wildman–Crippen LogP) is 2.64. The van der Waals surface area contributed by atoms with Gasteiger partial charge >= 0.3 is 0 Å². The lowest BCUT2D eigenvalue weighted by atomic mass is 9.86. The Kier molecular flexibility index (Phi) is 5.30. The van der Waals surface area contributed by atoms with Gasteiger partial charge in [-0.3, -0.25) is 14.9 Å². The van der Waals surface area contributed by atoms with Crippen molar-refractivity contribution in [1.82, 2.24) is 5.32 Å². The molecule has 1 aliphatic rings. The normalized spacial score (nSPS) is 21.8. The molecule has 1 amide bonds. The lowest BCUT2D eigenvalue weighted by Crippen LogP contribution is -2.36. The van der Waals surface area contributed by atoms with Gasteiger partial charge in [0.25, 0.3) is 11.6 Å². The first-order valence-corrected chi connectivity index (χ1v) is 7.68. The molecule has 114 valence electrons. The van der Waals surface area contributed by atoms with Crippen LogP contribution in [-0.2, 0) is 0 Å². The van der Waals surface area contributed by atoms with Crippen molar-refractivity contribution >= 4 is 27.5 Å². The van der Waals surface area contributed by atoms with Crippen LogP contribution in [0.4, 0.5) is 5.69 Å². The average Bonchev–Trinajstić information content (AvgIpc) is 2.46. The Morgan fingerprint density at radius 3 is 2.81 bits per heavy atom. The zero-order chi connectivity index (χ0) is 15.4. The molecular formula is C14H17BrN2O4. The number of nitro benzene ring substituents is 1. The van der Waals surface area contributed by atoms with E-state index in [1.165, 1.54) is 18.2 Å². The Balaban J connectivity index is 2.02. The number of amides is 1. The van der Waals surface area contributed by atoms with Gasteiger partial charge in [-0.25, -0.2) is 0 Å². The van der Waals surface area contributed by atoms with E-state index in [0.29, 0.717) is 11.0 Å². The van der Waals surface area contributed by atoms with Gasteiger partial charge in [-0.2, -0.15) is 0 Å². The van der Waals surface area contributed by atoms with Crippen molar-refractivity contribution in [3.05, 3.63) is 38.3 Å². The van der Waals surface area contributed by atoms with Gasteiger partial charge in [-0.05, 0) is 34.8 Å². The van der Waals surface area contributed by atoms with Crippen molar-refractivity contribution < 1.29 is 14.8 Å². The molecule has 0 spiro atoms. The molecule has 21 heavy (non-hydrogen) atoms. The molecule has 0 aromatic heterocycles. The number of rotatable bonds is 4. The van der Waals surface area contributed by atoms with E-state index in [2.05, 4.69) is 21.2 Å². The number of nitro groups is 1. The summed E-state index contributed by atoms with van der Waals surface area (Å²) < 4.78 is 0.509. The van der Waals surface area contributed by atoms with E-state index >= 15 is 0 Å². The summed E-state index contributed by atoms with van der Waals surface area (Å²) in [4.78, 5) is 22.4. The Hall–Kier alpha value is -1.47. The number of carbonyl (C=O) groups excluding carboxylic acids is 1. The van der Waals surface area contributed by atoms with Gasteiger partial charge in [-0.15, -0.1) is 0 Å². The van der Waals surface area contributed by atoms with Crippen molar-refractivity contribution in [1.29, 1.82) is 0 Å². The molecule has 0 aliphatic heterocycles. The standard InChI is InChI=1S/C14H17BrN2O4/c15-12-6-5-10(17(20)21)7-11(12)14(19)16-8-9-3-1-2-4-13(9)18/h5-7,9,13,18H,1-4,8H2,(H,16,19). The summed E-state index contributed by atoms with van der Waals surface area (Å²) in [6, 6.07) is 4.07. The van der Waals surface area contributed by atoms with Crippen molar-refractivity contribution in [3.8, 4) is 0 Å². The van der Waals surface area contributed by atoms with Gasteiger partial charge in [0.2, 0.25) is 0 Å². The van der Waals surface area contributed by atoms with Gasteiger partial charge in [0.15, 0.2) is 0 Å². The number of nitrogens with one attached hydrogen (secondary N) is 1. The minimum Gasteiger partial charge on any atom is -0.393 e. The van der Waals surface area contributed by atoms with Crippen molar-refractivity contribution in [2.75, 3.05) is 6.54 Å². The number of hydrogen-bond donors (Lipinski definition) is 2. The second-order valence-electron chi connectivity index (χ2n) is 5.24. The molecule has 0 saturated heterocycles. The maximum atomic E-state index is 12.1. The van der Waals surface area contributed by atoms with Gasteiger partial charge in [-0.1, -0.05) is 12.8 Å². The summed E-state index contributed by atoms with van der Waals surface area (Å²) in [5, 5.41) is 23.4. The van der Waals surface area contributed by atoms with Gasteiger partial charge < -0.3 is 10.4 Å². The number of hydrogen-bond acceptors (Lipinski definition) is 4. The Labute approximate surface area is 130 Å². The third-order valence-electron chi connectivity index (χ3n) is 3.80. The number of aliphatic hydroxyl groups is 1. The highest BCUT2D eigenvalue weighted by molar-refractivity contribution is 9.10. The van der Waals surface area contributed by atoms with Gasteiger partial charge in [0, 0.05) is 29.1 Å². The van der Waals surface area contributed by atoms with E-state index in [0.717, 1.165) is 25.7 Å². The third kappa shape index (κ3) is 4.01. The van der Waals surface area contributed by atoms with Crippen molar-refractivity contribution in [2.24, 2.45) is 5.92 Å². The smallest absolute Gasteiger partial charge is 0.270 e. The number of non-ortho nitro benzene ring substituents is 1. The quantitative estimate of drug-likeness (QED) is 0.640. The molecule has 2 N–H and O–H groups in total. The molecule has 0 bridgehead atoms. The Bertz CT molecular complexity index is 550. The second-order valence-corrected chi connectivity index (χ2v) is 6.10. The summed E-state index contributed by atoms with van der Waals surface area (Å²) in [5.41, 5.74) is 0.107. The minimum atomic E-state index is -0.534. The largest absolute Gasteiger partial charge is 0.393 e. The number of benzene rings is 1. The minimum absolute atomic E-state index is 0.0557. The van der Waals surface area contributed by atoms with Crippen LogP contribution in [0.2, 0.25) is 0 Å². The lowest BCUT2D eigenvalue weighted by molar-refractivity contribution is -0.384. The Morgan fingerprint density at radius 2 is 2.14 bits per heavy atom. The molecule has 2 atom stereocenters. The fourth-order valence-corrected chi connectivity index (χ4v) is 2.97. The van der Waals surface area contributed by atoms with Crippen LogP contribution in [0, 0.1) is 16.0 Å². The third-order valence-corrected chi connectivity index (χ3v) is 4.49.